The van der Waals surface area contributed by atoms with Crippen LogP contribution in [0.4, 0.5) is 21.1 Å². The highest BCUT2D eigenvalue weighted by molar-refractivity contribution is 5.97. The summed E-state index contributed by atoms with van der Waals surface area (Å²) in [6.45, 7) is 9.13. The molecule has 0 unspecified atom stereocenters. The predicted molar refractivity (Wildman–Crippen MR) is 172 cm³/mol. The van der Waals surface area contributed by atoms with Gasteiger partial charge in [-0.1, -0.05) is 30.3 Å². The number of aryl methyl sites for hydroxylation is 2. The van der Waals surface area contributed by atoms with Crippen LogP contribution in [0.3, 0.4) is 0 Å². The van der Waals surface area contributed by atoms with E-state index >= 15 is 0 Å². The van der Waals surface area contributed by atoms with E-state index in [9.17, 15) is 14.4 Å². The maximum absolute atomic E-state index is 13.7. The summed E-state index contributed by atoms with van der Waals surface area (Å²) in [6.07, 6.45) is 2.18. The molecule has 1 saturated heterocycles. The largest absolute Gasteiger partial charge is 0.497 e. The number of carbonyl (C=O) groups excluding carboxylic acids is 2. The van der Waals surface area contributed by atoms with Crippen molar-refractivity contribution in [2.75, 3.05) is 25.1 Å². The van der Waals surface area contributed by atoms with Crippen molar-refractivity contribution < 1.29 is 23.8 Å². The molecule has 0 bridgehead atoms. The first-order valence-corrected chi connectivity index (χ1v) is 15.1. The van der Waals surface area contributed by atoms with Gasteiger partial charge >= 0.3 is 17.9 Å². The Labute approximate surface area is 262 Å². The van der Waals surface area contributed by atoms with Gasteiger partial charge in [0, 0.05) is 32.7 Å². The van der Waals surface area contributed by atoms with Crippen LogP contribution in [0.2, 0.25) is 0 Å². The number of ether oxygens (including phenoxy) is 3. The van der Waals surface area contributed by atoms with Gasteiger partial charge in [-0.25, -0.2) is 24.3 Å². The molecule has 0 saturated carbocycles. The van der Waals surface area contributed by atoms with Crippen LogP contribution in [0.1, 0.15) is 44.7 Å². The SMILES string of the molecule is COc1ccc(N(C(=O)OCc2ccccc2)c2cc3c(cn2)n(C)c(=O)n3CC2CCN(C(=O)OC(C)(C)C)CC2)c(C)c1. The summed E-state index contributed by atoms with van der Waals surface area (Å²) in [5.41, 5.74) is 2.82. The quantitative estimate of drug-likeness (QED) is 0.245. The number of anilines is 2. The minimum absolute atomic E-state index is 0.0889. The van der Waals surface area contributed by atoms with Crippen molar-refractivity contribution in [3.05, 3.63) is 82.4 Å². The average molecular weight is 616 g/mol. The van der Waals surface area contributed by atoms with Gasteiger partial charge < -0.3 is 19.1 Å². The summed E-state index contributed by atoms with van der Waals surface area (Å²) in [7, 11) is 3.30. The predicted octanol–water partition coefficient (Wildman–Crippen LogP) is 6.17. The summed E-state index contributed by atoms with van der Waals surface area (Å²) in [5, 5.41) is 0. The maximum atomic E-state index is 13.7. The van der Waals surface area contributed by atoms with Gasteiger partial charge in [0.1, 0.15) is 23.8 Å². The number of rotatable bonds is 7. The zero-order chi connectivity index (χ0) is 32.3. The molecule has 0 aliphatic carbocycles. The van der Waals surface area contributed by atoms with Crippen LogP contribution in [-0.2, 0) is 29.7 Å². The van der Waals surface area contributed by atoms with Crippen LogP contribution < -0.4 is 15.3 Å². The minimum Gasteiger partial charge on any atom is -0.497 e. The molecule has 0 radical (unpaired) electrons. The molecule has 11 heteroatoms. The van der Waals surface area contributed by atoms with Gasteiger partial charge in [0.2, 0.25) is 0 Å². The van der Waals surface area contributed by atoms with Crippen molar-refractivity contribution in [3.63, 3.8) is 0 Å². The van der Waals surface area contributed by atoms with Crippen LogP contribution in [-0.4, -0.2) is 57.0 Å². The van der Waals surface area contributed by atoms with E-state index in [2.05, 4.69) is 4.98 Å². The zero-order valence-electron chi connectivity index (χ0n) is 26.8. The van der Waals surface area contributed by atoms with Gasteiger partial charge in [-0.3, -0.25) is 9.13 Å². The Hall–Kier alpha value is -4.80. The normalized spacial score (nSPS) is 14.0. The van der Waals surface area contributed by atoms with E-state index in [4.69, 9.17) is 14.2 Å². The molecule has 2 aromatic heterocycles. The second-order valence-corrected chi connectivity index (χ2v) is 12.4. The first-order chi connectivity index (χ1) is 21.4. The average Bonchev–Trinajstić information content (AvgIpc) is 3.25. The fourth-order valence-electron chi connectivity index (χ4n) is 5.58. The third kappa shape index (κ3) is 7.13. The highest BCUT2D eigenvalue weighted by Gasteiger charge is 2.29. The van der Waals surface area contributed by atoms with Crippen molar-refractivity contribution in [1.29, 1.82) is 0 Å². The van der Waals surface area contributed by atoms with Gasteiger partial charge in [-0.2, -0.15) is 0 Å². The van der Waals surface area contributed by atoms with E-state index in [1.54, 1.807) is 52.6 Å². The lowest BCUT2D eigenvalue weighted by molar-refractivity contribution is 0.0178. The Kier molecular flexibility index (Phi) is 9.17. The van der Waals surface area contributed by atoms with Crippen molar-refractivity contribution in [2.45, 2.75) is 59.3 Å². The molecule has 5 rings (SSSR count). The number of carbonyl (C=O) groups is 2. The first-order valence-electron chi connectivity index (χ1n) is 15.1. The topological polar surface area (TPSA) is 108 Å². The number of pyridine rings is 1. The Morgan fingerprint density at radius 1 is 1.02 bits per heavy atom. The smallest absolute Gasteiger partial charge is 0.420 e. The fraction of sp³-hybridized carbons (Fsp3) is 0.412. The Bertz CT molecular complexity index is 1730. The monoisotopic (exact) mass is 615 g/mol. The second kappa shape index (κ2) is 13.1. The van der Waals surface area contributed by atoms with E-state index < -0.39 is 11.7 Å². The Morgan fingerprint density at radius 3 is 2.38 bits per heavy atom. The number of imidazole rings is 1. The minimum atomic E-state index is -0.599. The van der Waals surface area contributed by atoms with Crippen molar-refractivity contribution in [1.82, 2.24) is 19.0 Å². The number of aromatic nitrogens is 3. The number of amides is 2. The number of nitrogens with zero attached hydrogens (tertiary/aromatic N) is 5. The summed E-state index contributed by atoms with van der Waals surface area (Å²) in [6, 6.07) is 16.6. The third-order valence-electron chi connectivity index (χ3n) is 7.99. The molecular weight excluding hydrogens is 574 g/mol. The van der Waals surface area contributed by atoms with Crippen molar-refractivity contribution in [2.24, 2.45) is 13.0 Å². The fourth-order valence-corrected chi connectivity index (χ4v) is 5.58. The molecule has 45 heavy (non-hydrogen) atoms. The van der Waals surface area contributed by atoms with Crippen molar-refractivity contribution >= 4 is 34.7 Å². The van der Waals surface area contributed by atoms with Gasteiger partial charge in [-0.05, 0) is 75.8 Å². The number of hydrogen-bond donors (Lipinski definition) is 0. The lowest BCUT2D eigenvalue weighted by Crippen LogP contribution is -2.42. The number of fused-ring (bicyclic) bond motifs is 1. The van der Waals surface area contributed by atoms with E-state index in [1.165, 1.54) is 4.90 Å². The molecule has 0 spiro atoms. The number of hydrogen-bond acceptors (Lipinski definition) is 7. The van der Waals surface area contributed by atoms with Crippen LogP contribution in [0.25, 0.3) is 11.0 Å². The van der Waals surface area contributed by atoms with Crippen LogP contribution in [0, 0.1) is 12.8 Å². The number of piperidine rings is 1. The number of benzene rings is 2. The molecule has 238 valence electrons. The maximum Gasteiger partial charge on any atom is 0.420 e. The van der Waals surface area contributed by atoms with Crippen LogP contribution in [0.15, 0.2) is 65.6 Å². The molecule has 1 fully saturated rings. The lowest BCUT2D eigenvalue weighted by Gasteiger charge is -2.33. The van der Waals surface area contributed by atoms with Crippen LogP contribution in [0.5, 0.6) is 5.75 Å². The molecule has 0 atom stereocenters. The van der Waals surface area contributed by atoms with E-state index in [0.29, 0.717) is 47.9 Å². The second-order valence-electron chi connectivity index (χ2n) is 12.4. The summed E-state index contributed by atoms with van der Waals surface area (Å²) < 4.78 is 20.0. The molecular formula is C34H41N5O6. The Morgan fingerprint density at radius 2 is 1.73 bits per heavy atom. The molecule has 2 amide bonds. The molecule has 1 aliphatic rings. The van der Waals surface area contributed by atoms with E-state index in [-0.39, 0.29) is 24.3 Å². The third-order valence-corrected chi connectivity index (χ3v) is 7.99. The van der Waals surface area contributed by atoms with Gasteiger partial charge in [-0.15, -0.1) is 0 Å². The molecule has 1 aliphatic heterocycles. The van der Waals surface area contributed by atoms with Gasteiger partial charge in [0.25, 0.3) is 0 Å². The van der Waals surface area contributed by atoms with Gasteiger partial charge in [0.05, 0.1) is 30.0 Å². The number of likely N-dealkylation sites (tertiary alicyclic amines) is 1. The van der Waals surface area contributed by atoms with E-state index in [1.807, 2.05) is 64.1 Å². The highest BCUT2D eigenvalue weighted by Crippen LogP contribution is 2.32. The highest BCUT2D eigenvalue weighted by atomic mass is 16.6. The lowest BCUT2D eigenvalue weighted by atomic mass is 9.97. The molecule has 3 heterocycles. The summed E-state index contributed by atoms with van der Waals surface area (Å²) in [4.78, 5) is 47.5. The molecule has 0 N–H and O–H groups in total. The summed E-state index contributed by atoms with van der Waals surface area (Å²) in [5.74, 6) is 1.17. The molecule has 4 aromatic rings. The first kappa shape index (κ1) is 31.6. The standard InChI is InChI=1S/C34H41N5O6/c1-23-18-26(43-6)12-13-27(23)39(33(42)44-22-25-10-8-7-9-11-25)30-19-28-29(20-35-30)36(5)31(40)38(28)21-24-14-16-37(17-15-24)32(41)45-34(2,3)4/h7-13,18-20,24H,14-17,21-22H2,1-6H3. The number of methoxy groups -OCH3 is 1. The van der Waals surface area contributed by atoms with Crippen LogP contribution >= 0.6 is 0 Å². The molecule has 2 aromatic carbocycles. The Balaban J connectivity index is 1.44. The van der Waals surface area contributed by atoms with Crippen molar-refractivity contribution in [3.8, 4) is 5.75 Å². The van der Waals surface area contributed by atoms with Gasteiger partial charge in [0.15, 0.2) is 0 Å². The molecule has 11 nitrogen and oxygen atoms in total. The zero-order valence-corrected chi connectivity index (χ0v) is 26.8. The summed E-state index contributed by atoms with van der Waals surface area (Å²) >= 11 is 0. The van der Waals surface area contributed by atoms with E-state index in [0.717, 1.165) is 24.0 Å².